The van der Waals surface area contributed by atoms with Gasteiger partial charge in [0.05, 0.1) is 0 Å². The third-order valence-electron chi connectivity index (χ3n) is 2.22. The Kier molecular flexibility index (Phi) is 2.31. The topological polar surface area (TPSA) is 0 Å². The van der Waals surface area contributed by atoms with Gasteiger partial charge in [0.15, 0.2) is 0 Å². The van der Waals surface area contributed by atoms with Crippen LogP contribution in [0.3, 0.4) is 0 Å². The Hall–Kier alpha value is -0.520. The molecule has 0 aliphatic heterocycles. The highest BCUT2D eigenvalue weighted by molar-refractivity contribution is 5.27. The quantitative estimate of drug-likeness (QED) is 0.518. The largest absolute Gasteiger partial charge is 0.0958 e. The second-order valence-corrected chi connectivity index (χ2v) is 3.39. The molecule has 1 aliphatic carbocycles. The van der Waals surface area contributed by atoms with Crippen LogP contribution in [0.2, 0.25) is 0 Å². The summed E-state index contributed by atoms with van der Waals surface area (Å²) in [4.78, 5) is 0. The maximum Gasteiger partial charge on any atom is -0.0277 e. The van der Waals surface area contributed by atoms with Gasteiger partial charge in [0.25, 0.3) is 0 Å². The zero-order valence-corrected chi connectivity index (χ0v) is 6.98. The summed E-state index contributed by atoms with van der Waals surface area (Å²) in [5, 5.41) is 0. The highest BCUT2D eigenvalue weighted by atomic mass is 14.1. The predicted molar refractivity (Wildman–Crippen MR) is 45.9 cm³/mol. The standard InChI is InChI=1S/C10H16/c1-8(2)10-6-4-9(3)5-7-10/h6,9H,1,4-5,7H2,2-3H3. The van der Waals surface area contributed by atoms with E-state index in [0.717, 1.165) is 5.92 Å². The molecule has 0 heterocycles. The second kappa shape index (κ2) is 3.05. The molecule has 1 aliphatic rings. The normalized spacial score (nSPS) is 25.8. The van der Waals surface area contributed by atoms with Crippen molar-refractivity contribution in [2.45, 2.75) is 33.1 Å². The molecular weight excluding hydrogens is 120 g/mol. The molecule has 1 rings (SSSR count). The van der Waals surface area contributed by atoms with Crippen LogP contribution in [-0.2, 0) is 0 Å². The average molecular weight is 136 g/mol. The summed E-state index contributed by atoms with van der Waals surface area (Å²) in [7, 11) is 0. The van der Waals surface area contributed by atoms with E-state index in [1.54, 1.807) is 0 Å². The molecule has 1 unspecified atom stereocenters. The molecule has 0 saturated carbocycles. The molecule has 0 bridgehead atoms. The lowest BCUT2D eigenvalue weighted by atomic mass is 9.88. The molecule has 0 aromatic rings. The molecule has 0 spiro atoms. The van der Waals surface area contributed by atoms with Crippen LogP contribution in [-0.4, -0.2) is 0 Å². The fourth-order valence-electron chi connectivity index (χ4n) is 1.35. The molecule has 0 heteroatoms. The third kappa shape index (κ3) is 1.73. The van der Waals surface area contributed by atoms with Crippen LogP contribution >= 0.6 is 0 Å². The zero-order chi connectivity index (χ0) is 7.56. The van der Waals surface area contributed by atoms with Crippen molar-refractivity contribution in [2.75, 3.05) is 0 Å². The van der Waals surface area contributed by atoms with Crippen molar-refractivity contribution in [3.63, 3.8) is 0 Å². The van der Waals surface area contributed by atoms with Crippen molar-refractivity contribution in [3.8, 4) is 0 Å². The summed E-state index contributed by atoms with van der Waals surface area (Å²) >= 11 is 0. The van der Waals surface area contributed by atoms with Crippen molar-refractivity contribution in [2.24, 2.45) is 5.92 Å². The molecule has 0 N–H and O–H groups in total. The Balaban J connectivity index is 2.56. The van der Waals surface area contributed by atoms with E-state index in [-0.39, 0.29) is 0 Å². The number of allylic oxidation sites excluding steroid dienone is 3. The van der Waals surface area contributed by atoms with E-state index in [1.165, 1.54) is 30.4 Å². The molecule has 0 fully saturated rings. The van der Waals surface area contributed by atoms with Crippen molar-refractivity contribution in [1.29, 1.82) is 0 Å². The van der Waals surface area contributed by atoms with Gasteiger partial charge in [-0.3, -0.25) is 0 Å². The van der Waals surface area contributed by atoms with E-state index < -0.39 is 0 Å². The summed E-state index contributed by atoms with van der Waals surface area (Å²) in [6.07, 6.45) is 6.19. The number of hydrogen-bond acceptors (Lipinski definition) is 0. The molecular formula is C10H16. The summed E-state index contributed by atoms with van der Waals surface area (Å²) in [6, 6.07) is 0. The van der Waals surface area contributed by atoms with Crippen molar-refractivity contribution < 1.29 is 0 Å². The first-order chi connectivity index (χ1) is 4.70. The summed E-state index contributed by atoms with van der Waals surface area (Å²) in [6.45, 7) is 8.35. The highest BCUT2D eigenvalue weighted by Crippen LogP contribution is 2.26. The molecule has 0 nitrogen and oxygen atoms in total. The minimum Gasteiger partial charge on any atom is -0.0958 e. The molecule has 0 saturated heterocycles. The monoisotopic (exact) mass is 136 g/mol. The summed E-state index contributed by atoms with van der Waals surface area (Å²) in [5.41, 5.74) is 2.74. The first kappa shape index (κ1) is 7.59. The lowest BCUT2D eigenvalue weighted by Gasteiger charge is -2.17. The van der Waals surface area contributed by atoms with Gasteiger partial charge in [-0.15, -0.1) is 0 Å². The zero-order valence-electron chi connectivity index (χ0n) is 6.98. The first-order valence-corrected chi connectivity index (χ1v) is 4.05. The Labute approximate surface area is 63.6 Å². The fourth-order valence-corrected chi connectivity index (χ4v) is 1.35. The average Bonchev–Trinajstić information content (AvgIpc) is 1.88. The number of hydrogen-bond donors (Lipinski definition) is 0. The molecule has 0 aromatic carbocycles. The van der Waals surface area contributed by atoms with Crippen molar-refractivity contribution in [1.82, 2.24) is 0 Å². The van der Waals surface area contributed by atoms with Crippen LogP contribution in [0.25, 0.3) is 0 Å². The summed E-state index contributed by atoms with van der Waals surface area (Å²) < 4.78 is 0. The van der Waals surface area contributed by atoms with Gasteiger partial charge < -0.3 is 0 Å². The van der Waals surface area contributed by atoms with Crippen LogP contribution in [0.1, 0.15) is 33.1 Å². The van der Waals surface area contributed by atoms with E-state index in [0.29, 0.717) is 0 Å². The maximum atomic E-state index is 3.94. The predicted octanol–water partition coefficient (Wildman–Crippen LogP) is 3.31. The molecule has 1 atom stereocenters. The van der Waals surface area contributed by atoms with E-state index in [1.807, 2.05) is 0 Å². The van der Waals surface area contributed by atoms with Crippen LogP contribution in [0, 0.1) is 5.92 Å². The van der Waals surface area contributed by atoms with Gasteiger partial charge in [-0.05, 0) is 37.7 Å². The van der Waals surface area contributed by atoms with Gasteiger partial charge in [-0.1, -0.05) is 25.2 Å². The number of rotatable bonds is 1. The van der Waals surface area contributed by atoms with Gasteiger partial charge in [-0.25, -0.2) is 0 Å². The summed E-state index contributed by atoms with van der Waals surface area (Å²) in [5.74, 6) is 0.892. The van der Waals surface area contributed by atoms with Gasteiger partial charge >= 0.3 is 0 Å². The highest BCUT2D eigenvalue weighted by Gasteiger charge is 2.09. The second-order valence-electron chi connectivity index (χ2n) is 3.39. The van der Waals surface area contributed by atoms with E-state index >= 15 is 0 Å². The van der Waals surface area contributed by atoms with Crippen molar-refractivity contribution in [3.05, 3.63) is 23.8 Å². The molecule has 0 radical (unpaired) electrons. The minimum absolute atomic E-state index is 0.892. The van der Waals surface area contributed by atoms with Crippen LogP contribution in [0.5, 0.6) is 0 Å². The Bertz CT molecular complexity index is 163. The van der Waals surface area contributed by atoms with Crippen LogP contribution in [0.15, 0.2) is 23.8 Å². The van der Waals surface area contributed by atoms with Gasteiger partial charge in [-0.2, -0.15) is 0 Å². The SMILES string of the molecule is C=C(C)C1=CCC(C)CC1. The van der Waals surface area contributed by atoms with Crippen molar-refractivity contribution >= 4 is 0 Å². The van der Waals surface area contributed by atoms with Crippen LogP contribution in [0.4, 0.5) is 0 Å². The third-order valence-corrected chi connectivity index (χ3v) is 2.22. The molecule has 56 valence electrons. The van der Waals surface area contributed by atoms with Crippen LogP contribution < -0.4 is 0 Å². The van der Waals surface area contributed by atoms with E-state index in [9.17, 15) is 0 Å². The lowest BCUT2D eigenvalue weighted by molar-refractivity contribution is 0.516. The van der Waals surface area contributed by atoms with Gasteiger partial charge in [0.2, 0.25) is 0 Å². The van der Waals surface area contributed by atoms with Gasteiger partial charge in [0.1, 0.15) is 0 Å². The lowest BCUT2D eigenvalue weighted by Crippen LogP contribution is -2.01. The van der Waals surface area contributed by atoms with E-state index in [2.05, 4.69) is 26.5 Å². The maximum absolute atomic E-state index is 3.94. The van der Waals surface area contributed by atoms with Gasteiger partial charge in [0, 0.05) is 0 Å². The van der Waals surface area contributed by atoms with E-state index in [4.69, 9.17) is 0 Å². The molecule has 10 heavy (non-hydrogen) atoms. The fraction of sp³-hybridized carbons (Fsp3) is 0.600. The minimum atomic E-state index is 0.892. The smallest absolute Gasteiger partial charge is 0.0277 e. The first-order valence-electron chi connectivity index (χ1n) is 4.05. The Morgan fingerprint density at radius 1 is 1.70 bits per heavy atom. The Morgan fingerprint density at radius 2 is 2.40 bits per heavy atom. The Morgan fingerprint density at radius 3 is 2.80 bits per heavy atom. The molecule has 0 amide bonds. The molecule has 0 aromatic heterocycles.